The Kier molecular flexibility index (Phi) is 3.79. The molecule has 1 fully saturated rings. The van der Waals surface area contributed by atoms with E-state index in [1.54, 1.807) is 6.07 Å². The van der Waals surface area contributed by atoms with Gasteiger partial charge in [0.2, 0.25) is 11.7 Å². The van der Waals surface area contributed by atoms with Crippen LogP contribution in [0.3, 0.4) is 0 Å². The summed E-state index contributed by atoms with van der Waals surface area (Å²) < 4.78 is 5.37. The number of nitrogens with zero attached hydrogens (tertiary/aromatic N) is 2. The van der Waals surface area contributed by atoms with Gasteiger partial charge in [-0.3, -0.25) is 0 Å². The third-order valence-electron chi connectivity index (χ3n) is 4.06. The van der Waals surface area contributed by atoms with Crippen LogP contribution in [0.15, 0.2) is 22.7 Å². The first-order valence-corrected chi connectivity index (χ1v) is 7.26. The number of nitrogens with two attached hydrogens (primary N) is 1. The van der Waals surface area contributed by atoms with Gasteiger partial charge in [-0.15, -0.1) is 0 Å². The molecule has 0 bridgehead atoms. The number of phenols is 2. The van der Waals surface area contributed by atoms with Crippen molar-refractivity contribution in [2.24, 2.45) is 5.73 Å². The molecule has 3 rings (SSSR count). The molecule has 4 N–H and O–H groups in total. The number of aromatic hydroxyl groups is 2. The topological polar surface area (TPSA) is 105 Å². The lowest BCUT2D eigenvalue weighted by atomic mass is 9.95. The summed E-state index contributed by atoms with van der Waals surface area (Å²) in [7, 11) is 0. The highest BCUT2D eigenvalue weighted by Crippen LogP contribution is 2.33. The molecule has 6 heteroatoms. The summed E-state index contributed by atoms with van der Waals surface area (Å²) in [4.78, 5) is 4.42. The van der Waals surface area contributed by atoms with Gasteiger partial charge in [-0.2, -0.15) is 4.98 Å². The second-order valence-electron chi connectivity index (χ2n) is 5.57. The third-order valence-corrected chi connectivity index (χ3v) is 4.06. The Labute approximate surface area is 122 Å². The molecule has 0 radical (unpaired) electrons. The molecule has 21 heavy (non-hydrogen) atoms. The Bertz CT molecular complexity index is 626. The number of hydrogen-bond donors (Lipinski definition) is 3. The average Bonchev–Trinajstić information content (AvgIpc) is 2.85. The second kappa shape index (κ2) is 5.73. The Morgan fingerprint density at radius 3 is 2.71 bits per heavy atom. The zero-order valence-electron chi connectivity index (χ0n) is 11.7. The zero-order chi connectivity index (χ0) is 14.8. The maximum Gasteiger partial charge on any atom is 0.231 e. The Morgan fingerprint density at radius 2 is 1.90 bits per heavy atom. The van der Waals surface area contributed by atoms with Crippen molar-refractivity contribution in [2.45, 2.75) is 44.1 Å². The Balaban J connectivity index is 1.86. The van der Waals surface area contributed by atoms with Gasteiger partial charge >= 0.3 is 0 Å². The monoisotopic (exact) mass is 289 g/mol. The van der Waals surface area contributed by atoms with Gasteiger partial charge in [0.15, 0.2) is 11.5 Å². The quantitative estimate of drug-likeness (QED) is 0.579. The normalized spacial score (nSPS) is 22.9. The van der Waals surface area contributed by atoms with E-state index in [-0.39, 0.29) is 23.5 Å². The van der Waals surface area contributed by atoms with Gasteiger partial charge in [-0.1, -0.05) is 24.4 Å². The summed E-state index contributed by atoms with van der Waals surface area (Å²) in [5.41, 5.74) is 6.80. The molecule has 0 aliphatic heterocycles. The van der Waals surface area contributed by atoms with Crippen molar-refractivity contribution in [2.75, 3.05) is 0 Å². The number of benzene rings is 1. The number of aromatic nitrogens is 2. The van der Waals surface area contributed by atoms with Gasteiger partial charge in [-0.25, -0.2) is 0 Å². The van der Waals surface area contributed by atoms with Crippen molar-refractivity contribution >= 4 is 0 Å². The molecule has 1 heterocycles. The fourth-order valence-electron chi connectivity index (χ4n) is 2.81. The third kappa shape index (κ3) is 2.85. The van der Waals surface area contributed by atoms with Gasteiger partial charge in [0, 0.05) is 11.6 Å². The van der Waals surface area contributed by atoms with Crippen LogP contribution in [0.25, 0.3) is 11.4 Å². The van der Waals surface area contributed by atoms with Crippen LogP contribution in [0.4, 0.5) is 0 Å². The maximum absolute atomic E-state index is 9.54. The van der Waals surface area contributed by atoms with Crippen LogP contribution in [0.5, 0.6) is 11.5 Å². The minimum Gasteiger partial charge on any atom is -0.504 e. The van der Waals surface area contributed by atoms with Crippen molar-refractivity contribution in [3.63, 3.8) is 0 Å². The molecule has 1 saturated carbocycles. The smallest absolute Gasteiger partial charge is 0.231 e. The largest absolute Gasteiger partial charge is 0.504 e. The lowest BCUT2D eigenvalue weighted by molar-refractivity contribution is 0.326. The van der Waals surface area contributed by atoms with Crippen LogP contribution in [0.1, 0.15) is 43.9 Å². The summed E-state index contributed by atoms with van der Waals surface area (Å²) in [5.74, 6) is 0.682. The zero-order valence-corrected chi connectivity index (χ0v) is 11.7. The van der Waals surface area contributed by atoms with Crippen LogP contribution in [0, 0.1) is 0 Å². The van der Waals surface area contributed by atoms with E-state index < -0.39 is 0 Å². The highest BCUT2D eigenvalue weighted by atomic mass is 16.5. The van der Waals surface area contributed by atoms with E-state index in [9.17, 15) is 10.2 Å². The van der Waals surface area contributed by atoms with Crippen molar-refractivity contribution in [3.05, 3.63) is 24.1 Å². The van der Waals surface area contributed by atoms with Crippen LogP contribution in [0.2, 0.25) is 0 Å². The summed E-state index contributed by atoms with van der Waals surface area (Å²) in [6, 6.07) is 4.50. The number of rotatable bonds is 2. The molecule has 1 aromatic carbocycles. The fraction of sp³-hybridized carbons (Fsp3) is 0.467. The standard InChI is InChI=1S/C15H19N3O3/c16-11-5-3-1-2-4-10(11)15-17-14(18-21-15)9-6-7-12(19)13(20)8-9/h6-8,10-11,19-20H,1-5,16H2. The lowest BCUT2D eigenvalue weighted by Gasteiger charge is -2.16. The minimum atomic E-state index is -0.204. The molecule has 0 spiro atoms. The highest BCUT2D eigenvalue weighted by Gasteiger charge is 2.27. The first kappa shape index (κ1) is 13.9. The van der Waals surface area contributed by atoms with Crippen molar-refractivity contribution in [3.8, 4) is 22.9 Å². The first-order chi connectivity index (χ1) is 10.1. The number of hydrogen-bond acceptors (Lipinski definition) is 6. The Morgan fingerprint density at radius 1 is 1.10 bits per heavy atom. The van der Waals surface area contributed by atoms with Gasteiger partial charge < -0.3 is 20.5 Å². The summed E-state index contributed by atoms with van der Waals surface area (Å²) in [6.45, 7) is 0. The second-order valence-corrected chi connectivity index (χ2v) is 5.57. The molecular formula is C15H19N3O3. The van der Waals surface area contributed by atoms with Crippen LogP contribution in [-0.4, -0.2) is 26.4 Å². The van der Waals surface area contributed by atoms with E-state index in [1.165, 1.54) is 18.6 Å². The highest BCUT2D eigenvalue weighted by molar-refractivity contribution is 5.59. The van der Waals surface area contributed by atoms with E-state index >= 15 is 0 Å². The van der Waals surface area contributed by atoms with E-state index in [0.717, 1.165) is 25.7 Å². The molecule has 1 aliphatic rings. The molecule has 1 aliphatic carbocycles. The van der Waals surface area contributed by atoms with Crippen molar-refractivity contribution in [1.29, 1.82) is 0 Å². The molecule has 1 aromatic heterocycles. The molecular weight excluding hydrogens is 270 g/mol. The Hall–Kier alpha value is -2.08. The molecule has 112 valence electrons. The molecule has 0 saturated heterocycles. The van der Waals surface area contributed by atoms with Gasteiger partial charge in [-0.05, 0) is 31.0 Å². The SMILES string of the molecule is NC1CCCCCC1c1nc(-c2ccc(O)c(O)c2)no1. The van der Waals surface area contributed by atoms with E-state index in [4.69, 9.17) is 10.3 Å². The van der Waals surface area contributed by atoms with Gasteiger partial charge in [0.25, 0.3) is 0 Å². The first-order valence-electron chi connectivity index (χ1n) is 7.26. The van der Waals surface area contributed by atoms with E-state index in [0.29, 0.717) is 17.3 Å². The van der Waals surface area contributed by atoms with Gasteiger partial charge in [0.05, 0.1) is 5.92 Å². The van der Waals surface area contributed by atoms with Crippen molar-refractivity contribution < 1.29 is 14.7 Å². The molecule has 0 amide bonds. The summed E-state index contributed by atoms with van der Waals surface area (Å²) in [6.07, 6.45) is 5.39. The van der Waals surface area contributed by atoms with E-state index in [2.05, 4.69) is 10.1 Å². The molecule has 6 nitrogen and oxygen atoms in total. The van der Waals surface area contributed by atoms with Crippen LogP contribution in [-0.2, 0) is 0 Å². The van der Waals surface area contributed by atoms with Crippen LogP contribution < -0.4 is 5.73 Å². The predicted molar refractivity (Wildman–Crippen MR) is 76.9 cm³/mol. The molecule has 2 aromatic rings. The minimum absolute atomic E-state index is 0.0500. The average molecular weight is 289 g/mol. The fourth-order valence-corrected chi connectivity index (χ4v) is 2.81. The van der Waals surface area contributed by atoms with Gasteiger partial charge in [0.1, 0.15) is 0 Å². The molecule has 2 atom stereocenters. The number of phenolic OH excluding ortho intramolecular Hbond substituents is 2. The molecule has 2 unspecified atom stereocenters. The lowest BCUT2D eigenvalue weighted by Crippen LogP contribution is -2.27. The summed E-state index contributed by atoms with van der Waals surface area (Å²) >= 11 is 0. The van der Waals surface area contributed by atoms with E-state index in [1.807, 2.05) is 0 Å². The van der Waals surface area contributed by atoms with Crippen LogP contribution >= 0.6 is 0 Å². The maximum atomic E-state index is 9.54. The summed E-state index contributed by atoms with van der Waals surface area (Å²) in [5, 5.41) is 22.8. The predicted octanol–water partition coefficient (Wildman–Crippen LogP) is 2.52. The van der Waals surface area contributed by atoms with Crippen molar-refractivity contribution in [1.82, 2.24) is 10.1 Å².